The van der Waals surface area contributed by atoms with Crippen molar-refractivity contribution in [3.63, 3.8) is 0 Å². The average molecular weight is 581 g/mol. The van der Waals surface area contributed by atoms with Crippen LogP contribution in [0.5, 0.6) is 0 Å². The smallest absolute Gasteiger partial charge is 0.128 e. The summed E-state index contributed by atoms with van der Waals surface area (Å²) in [6, 6.07) is 9.74. The van der Waals surface area contributed by atoms with E-state index in [0.29, 0.717) is 44.9 Å². The Hall–Kier alpha value is -3.13. The molecule has 3 heterocycles. The van der Waals surface area contributed by atoms with Crippen LogP contribution in [0.15, 0.2) is 61.2 Å². The number of nitrogens with two attached hydrogens (primary N) is 1. The van der Waals surface area contributed by atoms with Crippen molar-refractivity contribution in [3.05, 3.63) is 93.5 Å². The molecule has 7 nitrogen and oxygen atoms in total. The minimum absolute atomic E-state index is 0.0703. The summed E-state index contributed by atoms with van der Waals surface area (Å²) >= 11 is 12.8. The number of aromatic nitrogens is 2. The Bertz CT molecular complexity index is 1300. The Labute approximate surface area is 247 Å². The highest BCUT2D eigenvalue weighted by Crippen LogP contribution is 2.33. The Balaban J connectivity index is 1.40. The zero-order chi connectivity index (χ0) is 28.6. The molecule has 0 radical (unpaired) electrons. The minimum Gasteiger partial charge on any atom is -0.398 e. The summed E-state index contributed by atoms with van der Waals surface area (Å²) in [5, 5.41) is 16.9. The fourth-order valence-corrected chi connectivity index (χ4v) is 6.01. The SMILES string of the molecule is C=C(NCCN(CC)c1ccc(C(=N)c2cc(C[C@H](C)c3c(Cl)cncc3Cl)ccc2N)cn1)C1CCNCC1. The number of hydrogen-bond acceptors (Lipinski definition) is 7. The van der Waals surface area contributed by atoms with E-state index in [2.05, 4.69) is 40.9 Å². The molecule has 5 N–H and O–H groups in total. The third-order valence-electron chi connectivity index (χ3n) is 7.62. The summed E-state index contributed by atoms with van der Waals surface area (Å²) < 4.78 is 0. The molecule has 1 saturated heterocycles. The van der Waals surface area contributed by atoms with Crippen molar-refractivity contribution in [3.8, 4) is 0 Å². The van der Waals surface area contributed by atoms with E-state index in [9.17, 15) is 0 Å². The van der Waals surface area contributed by atoms with Gasteiger partial charge in [-0.1, -0.05) is 42.8 Å². The first-order chi connectivity index (χ1) is 19.3. The van der Waals surface area contributed by atoms with Crippen LogP contribution >= 0.6 is 23.2 Å². The highest BCUT2D eigenvalue weighted by atomic mass is 35.5. The Morgan fingerprint density at radius 3 is 2.55 bits per heavy atom. The van der Waals surface area contributed by atoms with Crippen LogP contribution in [0.3, 0.4) is 0 Å². The number of piperidine rings is 1. The normalized spacial score (nSPS) is 14.5. The Kier molecular flexibility index (Phi) is 10.4. The van der Waals surface area contributed by atoms with Crippen molar-refractivity contribution in [2.45, 2.75) is 39.0 Å². The molecule has 212 valence electrons. The molecule has 0 saturated carbocycles. The number of allylic oxidation sites excluding steroid dienone is 1. The number of benzene rings is 1. The van der Waals surface area contributed by atoms with Gasteiger partial charge in [-0.25, -0.2) is 4.98 Å². The quantitative estimate of drug-likeness (QED) is 0.154. The van der Waals surface area contributed by atoms with Crippen LogP contribution in [-0.2, 0) is 6.42 Å². The van der Waals surface area contributed by atoms with Crippen molar-refractivity contribution in [2.75, 3.05) is 43.4 Å². The second-order valence-corrected chi connectivity index (χ2v) is 11.2. The van der Waals surface area contributed by atoms with Gasteiger partial charge in [0.15, 0.2) is 0 Å². The highest BCUT2D eigenvalue weighted by molar-refractivity contribution is 6.35. The first-order valence-electron chi connectivity index (χ1n) is 13.9. The maximum Gasteiger partial charge on any atom is 0.128 e. The number of rotatable bonds is 12. The first kappa shape index (κ1) is 29.8. The topological polar surface area (TPSA) is 103 Å². The van der Waals surface area contributed by atoms with Gasteiger partial charge in [0.05, 0.1) is 15.8 Å². The van der Waals surface area contributed by atoms with E-state index in [1.807, 2.05) is 30.3 Å². The third-order valence-corrected chi connectivity index (χ3v) is 8.22. The lowest BCUT2D eigenvalue weighted by molar-refractivity contribution is 0.403. The summed E-state index contributed by atoms with van der Waals surface area (Å²) in [5.41, 5.74) is 11.7. The van der Waals surface area contributed by atoms with Crippen LogP contribution in [-0.4, -0.2) is 48.4 Å². The van der Waals surface area contributed by atoms with E-state index < -0.39 is 0 Å². The molecular formula is C31H39Cl2N7. The highest BCUT2D eigenvalue weighted by Gasteiger charge is 2.18. The standard InChI is InChI=1S/C31H39Cl2N7/c1-4-40(14-13-38-21(3)23-9-11-36-12-10-23)29-8-6-24(17-39-29)31(35)25-16-22(5-7-28(25)34)15-20(2)30-26(32)18-37-19-27(30)33/h5-8,16-20,23,35-36,38H,3-4,9-15,34H2,1-2H3/t20-/m0/s1. The van der Waals surface area contributed by atoms with Gasteiger partial charge in [0.25, 0.3) is 0 Å². The number of anilines is 2. The van der Waals surface area contributed by atoms with Gasteiger partial charge in [0.2, 0.25) is 0 Å². The molecule has 0 amide bonds. The molecule has 0 bridgehead atoms. The van der Waals surface area contributed by atoms with Crippen LogP contribution in [0.1, 0.15) is 54.9 Å². The van der Waals surface area contributed by atoms with E-state index in [1.54, 1.807) is 18.6 Å². The lowest BCUT2D eigenvalue weighted by Gasteiger charge is -2.27. The van der Waals surface area contributed by atoms with Gasteiger partial charge in [0.1, 0.15) is 5.82 Å². The lowest BCUT2D eigenvalue weighted by Crippen LogP contribution is -2.36. The van der Waals surface area contributed by atoms with Crippen LogP contribution in [0.4, 0.5) is 11.5 Å². The minimum atomic E-state index is 0.0703. The fourth-order valence-electron chi connectivity index (χ4n) is 5.27. The number of likely N-dealkylation sites (N-methyl/N-ethyl adjacent to an activating group) is 1. The zero-order valence-electron chi connectivity index (χ0n) is 23.3. The Morgan fingerprint density at radius 2 is 1.90 bits per heavy atom. The maximum absolute atomic E-state index is 8.89. The van der Waals surface area contributed by atoms with Crippen molar-refractivity contribution in [1.82, 2.24) is 20.6 Å². The number of nitrogens with one attached hydrogen (secondary N) is 3. The molecule has 9 heteroatoms. The monoisotopic (exact) mass is 579 g/mol. The summed E-state index contributed by atoms with van der Waals surface area (Å²) in [6.07, 6.45) is 7.96. The van der Waals surface area contributed by atoms with E-state index in [4.69, 9.17) is 39.3 Å². The second kappa shape index (κ2) is 14.0. The van der Waals surface area contributed by atoms with Crippen molar-refractivity contribution in [1.29, 1.82) is 5.41 Å². The van der Waals surface area contributed by atoms with Crippen molar-refractivity contribution in [2.24, 2.45) is 5.92 Å². The summed E-state index contributed by atoms with van der Waals surface area (Å²) in [7, 11) is 0. The van der Waals surface area contributed by atoms with Gasteiger partial charge in [-0.3, -0.25) is 10.4 Å². The second-order valence-electron chi connectivity index (χ2n) is 10.4. The molecule has 0 unspecified atom stereocenters. The molecule has 3 aromatic rings. The Morgan fingerprint density at radius 1 is 1.18 bits per heavy atom. The van der Waals surface area contributed by atoms with E-state index in [0.717, 1.165) is 68.2 Å². The molecule has 1 aromatic carbocycles. The van der Waals surface area contributed by atoms with Crippen molar-refractivity contribution >= 4 is 40.4 Å². The molecule has 40 heavy (non-hydrogen) atoms. The molecule has 1 aliphatic rings. The van der Waals surface area contributed by atoms with Crippen LogP contribution in [0.2, 0.25) is 10.0 Å². The first-order valence-corrected chi connectivity index (χ1v) is 14.6. The average Bonchev–Trinajstić information content (AvgIpc) is 2.96. The number of nitrogens with zero attached hydrogens (tertiary/aromatic N) is 3. The van der Waals surface area contributed by atoms with E-state index in [-0.39, 0.29) is 5.92 Å². The molecule has 0 spiro atoms. The largest absolute Gasteiger partial charge is 0.398 e. The number of pyridine rings is 2. The summed E-state index contributed by atoms with van der Waals surface area (Å²) in [5.74, 6) is 1.50. The van der Waals surface area contributed by atoms with Crippen molar-refractivity contribution < 1.29 is 0 Å². The van der Waals surface area contributed by atoms with E-state index in [1.165, 1.54) is 0 Å². The fraction of sp³-hybridized carbons (Fsp3) is 0.387. The molecule has 0 aliphatic carbocycles. The van der Waals surface area contributed by atoms with Gasteiger partial charge in [0, 0.05) is 66.7 Å². The van der Waals surface area contributed by atoms with Gasteiger partial charge >= 0.3 is 0 Å². The summed E-state index contributed by atoms with van der Waals surface area (Å²) in [6.45, 7) is 13.1. The lowest BCUT2D eigenvalue weighted by atomic mass is 9.92. The van der Waals surface area contributed by atoms with Gasteiger partial charge in [-0.2, -0.15) is 0 Å². The van der Waals surface area contributed by atoms with Gasteiger partial charge in [-0.05, 0) is 80.6 Å². The third kappa shape index (κ3) is 7.33. The number of hydrogen-bond donors (Lipinski definition) is 4. The molecule has 1 fully saturated rings. The molecule has 1 atom stereocenters. The predicted molar refractivity (Wildman–Crippen MR) is 168 cm³/mol. The maximum atomic E-state index is 8.89. The number of halogens is 2. The predicted octanol–water partition coefficient (Wildman–Crippen LogP) is 6.06. The van der Waals surface area contributed by atoms with Crippen LogP contribution in [0, 0.1) is 11.3 Å². The number of nitrogen functional groups attached to an aromatic ring is 1. The summed E-state index contributed by atoms with van der Waals surface area (Å²) in [4.78, 5) is 11.0. The molecule has 4 rings (SSSR count). The molecule has 1 aliphatic heterocycles. The van der Waals surface area contributed by atoms with Gasteiger partial charge < -0.3 is 21.3 Å². The molecular weight excluding hydrogens is 541 g/mol. The van der Waals surface area contributed by atoms with Gasteiger partial charge in [-0.15, -0.1) is 0 Å². The zero-order valence-corrected chi connectivity index (χ0v) is 24.8. The van der Waals surface area contributed by atoms with Crippen LogP contribution in [0.25, 0.3) is 0 Å². The van der Waals surface area contributed by atoms with Crippen LogP contribution < -0.4 is 21.3 Å². The van der Waals surface area contributed by atoms with E-state index >= 15 is 0 Å². The molecule has 2 aromatic heterocycles.